The summed E-state index contributed by atoms with van der Waals surface area (Å²) < 4.78 is 0. The van der Waals surface area contributed by atoms with Crippen LogP contribution >= 0.6 is 0 Å². The lowest BCUT2D eigenvalue weighted by molar-refractivity contribution is -0.112. The number of amides is 1. The van der Waals surface area contributed by atoms with Gasteiger partial charge in [0, 0.05) is 6.20 Å². The van der Waals surface area contributed by atoms with Crippen molar-refractivity contribution < 1.29 is 4.79 Å². The summed E-state index contributed by atoms with van der Waals surface area (Å²) >= 11 is 0. The van der Waals surface area contributed by atoms with Crippen LogP contribution in [0, 0.1) is 0 Å². The van der Waals surface area contributed by atoms with Gasteiger partial charge >= 0.3 is 0 Å². The SMILES string of the molecule is C/C=C(/C(N)=O)c1ccncn1. The summed E-state index contributed by atoms with van der Waals surface area (Å²) in [6.07, 6.45) is 4.57. The van der Waals surface area contributed by atoms with E-state index < -0.39 is 5.91 Å². The molecule has 0 radical (unpaired) electrons. The third kappa shape index (κ3) is 1.66. The lowest BCUT2D eigenvalue weighted by Crippen LogP contribution is -2.13. The number of nitrogens with two attached hydrogens (primary N) is 1. The highest BCUT2D eigenvalue weighted by Crippen LogP contribution is 2.08. The van der Waals surface area contributed by atoms with E-state index in [4.69, 9.17) is 5.73 Å². The fraction of sp³-hybridized carbons (Fsp3) is 0.125. The van der Waals surface area contributed by atoms with Gasteiger partial charge in [-0.3, -0.25) is 4.79 Å². The Labute approximate surface area is 70.1 Å². The second-order valence-electron chi connectivity index (χ2n) is 2.16. The van der Waals surface area contributed by atoms with Crippen molar-refractivity contribution in [1.29, 1.82) is 0 Å². The summed E-state index contributed by atoms with van der Waals surface area (Å²) in [6, 6.07) is 1.64. The molecule has 0 saturated carbocycles. The van der Waals surface area contributed by atoms with Crippen LogP contribution in [-0.2, 0) is 4.79 Å². The first-order valence-corrected chi connectivity index (χ1v) is 3.48. The van der Waals surface area contributed by atoms with Gasteiger partial charge in [-0.1, -0.05) is 6.08 Å². The van der Waals surface area contributed by atoms with Gasteiger partial charge in [-0.05, 0) is 13.0 Å². The van der Waals surface area contributed by atoms with Crippen LogP contribution in [0.5, 0.6) is 0 Å². The van der Waals surface area contributed by atoms with E-state index in [1.54, 1.807) is 25.3 Å². The smallest absolute Gasteiger partial charge is 0.250 e. The quantitative estimate of drug-likeness (QED) is 0.640. The molecule has 62 valence electrons. The molecule has 1 heterocycles. The number of carbonyl (C=O) groups excluding carboxylic acids is 1. The molecule has 0 saturated heterocycles. The number of nitrogens with zero attached hydrogens (tertiary/aromatic N) is 2. The van der Waals surface area contributed by atoms with E-state index in [0.29, 0.717) is 11.3 Å². The molecular formula is C8H9N3O. The molecule has 1 aromatic heterocycles. The van der Waals surface area contributed by atoms with E-state index in [0.717, 1.165) is 0 Å². The molecule has 2 N–H and O–H groups in total. The van der Waals surface area contributed by atoms with Crippen LogP contribution in [0.3, 0.4) is 0 Å². The van der Waals surface area contributed by atoms with Crippen molar-refractivity contribution in [3.63, 3.8) is 0 Å². The van der Waals surface area contributed by atoms with E-state index >= 15 is 0 Å². The highest BCUT2D eigenvalue weighted by Gasteiger charge is 2.06. The van der Waals surface area contributed by atoms with E-state index in [-0.39, 0.29) is 0 Å². The number of carbonyl (C=O) groups is 1. The van der Waals surface area contributed by atoms with Gasteiger partial charge in [-0.25, -0.2) is 9.97 Å². The molecule has 0 fully saturated rings. The van der Waals surface area contributed by atoms with Crippen molar-refractivity contribution in [2.45, 2.75) is 6.92 Å². The summed E-state index contributed by atoms with van der Waals surface area (Å²) in [7, 11) is 0. The maximum atomic E-state index is 10.8. The second kappa shape index (κ2) is 3.61. The first kappa shape index (κ1) is 8.39. The van der Waals surface area contributed by atoms with Crippen LogP contribution in [0.15, 0.2) is 24.7 Å². The zero-order chi connectivity index (χ0) is 8.97. The summed E-state index contributed by atoms with van der Waals surface area (Å²) in [6.45, 7) is 1.74. The van der Waals surface area contributed by atoms with Gasteiger partial charge in [0.25, 0.3) is 5.91 Å². The standard InChI is InChI=1S/C8H9N3O/c1-2-6(8(9)12)7-3-4-10-5-11-7/h2-5H,1H3,(H2,9,12)/b6-2+. The van der Waals surface area contributed by atoms with E-state index in [2.05, 4.69) is 9.97 Å². The molecule has 4 heteroatoms. The maximum Gasteiger partial charge on any atom is 0.250 e. The van der Waals surface area contributed by atoms with Gasteiger partial charge in [-0.2, -0.15) is 0 Å². The summed E-state index contributed by atoms with van der Waals surface area (Å²) in [4.78, 5) is 18.4. The minimum absolute atomic E-state index is 0.414. The Hall–Kier alpha value is -1.71. The van der Waals surface area contributed by atoms with E-state index in [9.17, 15) is 4.79 Å². The number of rotatable bonds is 2. The highest BCUT2D eigenvalue weighted by molar-refractivity contribution is 6.17. The van der Waals surface area contributed by atoms with Crippen LogP contribution in [-0.4, -0.2) is 15.9 Å². The van der Waals surface area contributed by atoms with Gasteiger partial charge in [0.1, 0.15) is 6.33 Å². The Balaban J connectivity index is 3.05. The predicted molar refractivity (Wildman–Crippen MR) is 44.9 cm³/mol. The number of hydrogen-bond donors (Lipinski definition) is 1. The van der Waals surface area contributed by atoms with Gasteiger partial charge in [0.05, 0.1) is 11.3 Å². The molecule has 1 rings (SSSR count). The topological polar surface area (TPSA) is 68.9 Å². The Morgan fingerprint density at radius 3 is 2.83 bits per heavy atom. The normalized spacial score (nSPS) is 11.2. The average Bonchev–Trinajstić information content (AvgIpc) is 2.07. The molecule has 0 atom stereocenters. The molecular weight excluding hydrogens is 154 g/mol. The molecule has 0 aliphatic carbocycles. The fourth-order valence-electron chi connectivity index (χ4n) is 0.866. The van der Waals surface area contributed by atoms with Gasteiger partial charge < -0.3 is 5.73 Å². The molecule has 0 aromatic carbocycles. The molecule has 12 heavy (non-hydrogen) atoms. The van der Waals surface area contributed by atoms with Crippen LogP contribution in [0.4, 0.5) is 0 Å². The third-order valence-electron chi connectivity index (χ3n) is 1.41. The molecule has 0 bridgehead atoms. The molecule has 0 unspecified atom stereocenters. The highest BCUT2D eigenvalue weighted by atomic mass is 16.1. The lowest BCUT2D eigenvalue weighted by Gasteiger charge is -1.98. The maximum absolute atomic E-state index is 10.8. The van der Waals surface area contributed by atoms with Crippen LogP contribution in [0.2, 0.25) is 0 Å². The number of primary amides is 1. The Bertz CT molecular complexity index is 305. The van der Waals surface area contributed by atoms with E-state index in [1.807, 2.05) is 0 Å². The van der Waals surface area contributed by atoms with Crippen molar-refractivity contribution in [3.05, 3.63) is 30.4 Å². The molecule has 0 spiro atoms. The minimum Gasteiger partial charge on any atom is -0.366 e. The van der Waals surface area contributed by atoms with Crippen LogP contribution in [0.25, 0.3) is 5.57 Å². The first-order valence-electron chi connectivity index (χ1n) is 3.48. The monoisotopic (exact) mass is 163 g/mol. The van der Waals surface area contributed by atoms with Crippen molar-refractivity contribution in [1.82, 2.24) is 9.97 Å². The first-order chi connectivity index (χ1) is 5.75. The Morgan fingerprint density at radius 2 is 2.42 bits per heavy atom. The van der Waals surface area contributed by atoms with Gasteiger partial charge in [0.2, 0.25) is 0 Å². The van der Waals surface area contributed by atoms with E-state index in [1.165, 1.54) is 6.33 Å². The lowest BCUT2D eigenvalue weighted by atomic mass is 10.1. The predicted octanol–water partition coefficient (Wildman–Crippen LogP) is 0.365. The minimum atomic E-state index is -0.476. The average molecular weight is 163 g/mol. The van der Waals surface area contributed by atoms with Crippen molar-refractivity contribution in [3.8, 4) is 0 Å². The summed E-state index contributed by atoms with van der Waals surface area (Å²) in [5.41, 5.74) is 6.08. The fourth-order valence-corrected chi connectivity index (χ4v) is 0.866. The third-order valence-corrected chi connectivity index (χ3v) is 1.41. The summed E-state index contributed by atoms with van der Waals surface area (Å²) in [5, 5.41) is 0. The largest absolute Gasteiger partial charge is 0.366 e. The van der Waals surface area contributed by atoms with Crippen LogP contribution < -0.4 is 5.73 Å². The summed E-state index contributed by atoms with van der Waals surface area (Å²) in [5.74, 6) is -0.476. The van der Waals surface area contributed by atoms with Crippen molar-refractivity contribution >= 4 is 11.5 Å². The molecule has 0 aliphatic rings. The van der Waals surface area contributed by atoms with Crippen molar-refractivity contribution in [2.24, 2.45) is 5.73 Å². The second-order valence-corrected chi connectivity index (χ2v) is 2.16. The number of hydrogen-bond acceptors (Lipinski definition) is 3. The molecule has 1 amide bonds. The van der Waals surface area contributed by atoms with Crippen LogP contribution in [0.1, 0.15) is 12.6 Å². The number of aromatic nitrogens is 2. The zero-order valence-corrected chi connectivity index (χ0v) is 6.69. The molecule has 1 aromatic rings. The zero-order valence-electron chi connectivity index (χ0n) is 6.69. The van der Waals surface area contributed by atoms with Gasteiger partial charge in [0.15, 0.2) is 0 Å². The number of allylic oxidation sites excluding steroid dienone is 1. The Morgan fingerprint density at radius 1 is 1.67 bits per heavy atom. The Kier molecular flexibility index (Phi) is 2.53. The molecule has 4 nitrogen and oxygen atoms in total. The molecule has 0 aliphatic heterocycles. The van der Waals surface area contributed by atoms with Gasteiger partial charge in [-0.15, -0.1) is 0 Å². The van der Waals surface area contributed by atoms with Crippen molar-refractivity contribution in [2.75, 3.05) is 0 Å².